The van der Waals surface area contributed by atoms with Gasteiger partial charge in [-0.15, -0.1) is 0 Å². The van der Waals surface area contributed by atoms with Crippen molar-refractivity contribution in [2.45, 2.75) is 56.3 Å². The van der Waals surface area contributed by atoms with Crippen LogP contribution in [0, 0.1) is 0 Å². The van der Waals surface area contributed by atoms with Crippen molar-refractivity contribution in [1.82, 2.24) is 19.4 Å². The van der Waals surface area contributed by atoms with Crippen LogP contribution in [-0.4, -0.2) is 77.8 Å². The molecular weight excluding hydrogens is 376 g/mol. The lowest BCUT2D eigenvalue weighted by Crippen LogP contribution is -2.57. The number of hydrogen-bond acceptors (Lipinski definition) is 7. The summed E-state index contributed by atoms with van der Waals surface area (Å²) >= 11 is 0. The Balaban J connectivity index is 1.83. The Kier molecular flexibility index (Phi) is 4.93. The Morgan fingerprint density at radius 1 is 1.22 bits per heavy atom. The van der Waals surface area contributed by atoms with Gasteiger partial charge in [-0.1, -0.05) is 0 Å². The lowest BCUT2D eigenvalue weighted by Gasteiger charge is -2.40. The first kappa shape index (κ1) is 19.6. The summed E-state index contributed by atoms with van der Waals surface area (Å²) in [6, 6.07) is -0.759. The van der Waals surface area contributed by atoms with Gasteiger partial charge in [0.1, 0.15) is 11.2 Å². The van der Waals surface area contributed by atoms with Gasteiger partial charge >= 0.3 is 12.1 Å². The van der Waals surface area contributed by atoms with Crippen LogP contribution in [0.4, 0.5) is 4.79 Å². The van der Waals surface area contributed by atoms with Crippen molar-refractivity contribution < 1.29 is 27.5 Å². The van der Waals surface area contributed by atoms with Crippen LogP contribution in [0.2, 0.25) is 0 Å². The molecule has 11 heteroatoms. The van der Waals surface area contributed by atoms with Crippen LogP contribution in [0.5, 0.6) is 0 Å². The minimum Gasteiger partial charge on any atom is -0.465 e. The van der Waals surface area contributed by atoms with Gasteiger partial charge in [-0.2, -0.15) is 9.40 Å². The molecule has 2 fully saturated rings. The van der Waals surface area contributed by atoms with Crippen LogP contribution in [0.3, 0.4) is 0 Å². The van der Waals surface area contributed by atoms with Gasteiger partial charge in [0.25, 0.3) is 10.0 Å². The molecule has 2 bridgehead atoms. The summed E-state index contributed by atoms with van der Waals surface area (Å²) in [6.07, 6.45) is 1.95. The van der Waals surface area contributed by atoms with Gasteiger partial charge in [-0.05, 0) is 33.6 Å². The molecule has 27 heavy (non-hydrogen) atoms. The summed E-state index contributed by atoms with van der Waals surface area (Å²) in [4.78, 5) is 25.8. The molecule has 0 radical (unpaired) electrons. The number of methoxy groups -OCH3 is 1. The lowest BCUT2D eigenvalue weighted by atomic mass is 10.2. The van der Waals surface area contributed by atoms with E-state index in [0.717, 1.165) is 6.20 Å². The molecule has 0 saturated carbocycles. The molecule has 10 nitrogen and oxygen atoms in total. The van der Waals surface area contributed by atoms with Crippen molar-refractivity contribution in [1.29, 1.82) is 0 Å². The van der Waals surface area contributed by atoms with Crippen molar-refractivity contribution in [2.75, 3.05) is 20.2 Å². The van der Waals surface area contributed by atoms with Gasteiger partial charge in [0.15, 0.2) is 5.03 Å². The number of carbonyl (C=O) groups excluding carboxylic acids is 2. The number of H-pyrrole nitrogens is 1. The van der Waals surface area contributed by atoms with Gasteiger partial charge in [0.2, 0.25) is 0 Å². The van der Waals surface area contributed by atoms with E-state index in [9.17, 15) is 18.0 Å². The zero-order valence-corrected chi connectivity index (χ0v) is 16.6. The molecule has 0 aromatic carbocycles. The summed E-state index contributed by atoms with van der Waals surface area (Å²) in [7, 11) is -2.81. The van der Waals surface area contributed by atoms with Crippen molar-refractivity contribution in [3.8, 4) is 0 Å². The molecule has 2 saturated heterocycles. The number of amides is 1. The van der Waals surface area contributed by atoms with E-state index in [4.69, 9.17) is 4.74 Å². The van der Waals surface area contributed by atoms with Gasteiger partial charge in [0, 0.05) is 25.2 Å². The first-order valence-corrected chi connectivity index (χ1v) is 10.1. The number of sulfonamides is 1. The minimum absolute atomic E-state index is 0.133. The summed E-state index contributed by atoms with van der Waals surface area (Å²) in [5.41, 5.74) is -0.753. The summed E-state index contributed by atoms with van der Waals surface area (Å²) in [5.74, 6) is -0.776. The third-order valence-corrected chi connectivity index (χ3v) is 6.59. The van der Waals surface area contributed by atoms with Gasteiger partial charge < -0.3 is 14.4 Å². The molecule has 3 rings (SSSR count). The van der Waals surface area contributed by atoms with E-state index in [2.05, 4.69) is 14.9 Å². The van der Waals surface area contributed by atoms with E-state index >= 15 is 0 Å². The highest BCUT2D eigenvalue weighted by atomic mass is 32.2. The van der Waals surface area contributed by atoms with Crippen LogP contribution >= 0.6 is 0 Å². The minimum atomic E-state index is -3.99. The Bertz CT molecular complexity index is 829. The highest BCUT2D eigenvalue weighted by Crippen LogP contribution is 2.36. The standard InChI is InChI=1S/C16H24N4O6S/c1-16(2,3)26-15(22)19-8-10-5-6-11(9-19)20(10)27(23,24)13-12(7-17-18-13)14(21)25-4/h7,10-11H,5-6,8-9H2,1-4H3,(H,17,18). The highest BCUT2D eigenvalue weighted by molar-refractivity contribution is 7.89. The number of nitrogens with zero attached hydrogens (tertiary/aromatic N) is 3. The van der Waals surface area contributed by atoms with Crippen LogP contribution in [0.25, 0.3) is 0 Å². The Hall–Kier alpha value is -2.14. The fourth-order valence-electron chi connectivity index (χ4n) is 3.56. The number of hydrogen-bond donors (Lipinski definition) is 1. The Morgan fingerprint density at radius 2 is 1.81 bits per heavy atom. The molecule has 150 valence electrons. The first-order valence-electron chi connectivity index (χ1n) is 8.67. The van der Waals surface area contributed by atoms with Crippen LogP contribution in [0.1, 0.15) is 44.0 Å². The third kappa shape index (κ3) is 3.65. The van der Waals surface area contributed by atoms with E-state index < -0.39 is 27.7 Å². The predicted octanol–water partition coefficient (Wildman–Crippen LogP) is 0.969. The second kappa shape index (κ2) is 6.79. The van der Waals surface area contributed by atoms with E-state index in [0.29, 0.717) is 12.8 Å². The summed E-state index contributed by atoms with van der Waals surface area (Å²) < 4.78 is 37.8. The third-order valence-electron chi connectivity index (χ3n) is 4.61. The molecular formula is C16H24N4O6S. The molecule has 1 aromatic rings. The number of fused-ring (bicyclic) bond motifs is 2. The molecule has 1 N–H and O–H groups in total. The van der Waals surface area contributed by atoms with Crippen molar-refractivity contribution >= 4 is 22.1 Å². The van der Waals surface area contributed by atoms with Crippen molar-refractivity contribution in [2.24, 2.45) is 0 Å². The predicted molar refractivity (Wildman–Crippen MR) is 93.6 cm³/mol. The quantitative estimate of drug-likeness (QED) is 0.750. The van der Waals surface area contributed by atoms with E-state index in [1.54, 1.807) is 25.7 Å². The number of esters is 1. The highest BCUT2D eigenvalue weighted by Gasteiger charge is 2.49. The molecule has 2 aliphatic rings. The van der Waals surface area contributed by atoms with E-state index in [1.165, 1.54) is 11.4 Å². The lowest BCUT2D eigenvalue weighted by molar-refractivity contribution is 0.0120. The Morgan fingerprint density at radius 3 is 2.33 bits per heavy atom. The fourth-order valence-corrected chi connectivity index (χ4v) is 5.49. The number of rotatable bonds is 3. The second-order valence-electron chi connectivity index (χ2n) is 7.71. The molecule has 2 atom stereocenters. The van der Waals surface area contributed by atoms with E-state index in [1.807, 2.05) is 0 Å². The SMILES string of the molecule is COC(=O)c1cn[nH]c1S(=O)(=O)N1C2CCC1CN(C(=O)OC(C)(C)C)C2. The van der Waals surface area contributed by atoms with Crippen molar-refractivity contribution in [3.05, 3.63) is 11.8 Å². The van der Waals surface area contributed by atoms with Gasteiger partial charge in [-0.3, -0.25) is 5.10 Å². The fraction of sp³-hybridized carbons (Fsp3) is 0.688. The normalized spacial score (nSPS) is 23.3. The number of piperazine rings is 1. The van der Waals surface area contributed by atoms with Gasteiger partial charge in [-0.25, -0.2) is 18.0 Å². The number of aromatic nitrogens is 2. The van der Waals surface area contributed by atoms with Crippen molar-refractivity contribution in [3.63, 3.8) is 0 Å². The molecule has 0 spiro atoms. The van der Waals surface area contributed by atoms with Crippen LogP contribution in [0.15, 0.2) is 11.2 Å². The largest absolute Gasteiger partial charge is 0.465 e. The van der Waals surface area contributed by atoms with Gasteiger partial charge in [0.05, 0.1) is 13.3 Å². The molecule has 2 unspecified atom stereocenters. The number of nitrogens with one attached hydrogen (secondary N) is 1. The average Bonchev–Trinajstić information content (AvgIpc) is 3.16. The molecule has 1 amide bonds. The number of carbonyl (C=O) groups is 2. The average molecular weight is 400 g/mol. The first-order chi connectivity index (χ1) is 12.5. The molecule has 2 aliphatic heterocycles. The smallest absolute Gasteiger partial charge is 0.410 e. The zero-order chi connectivity index (χ0) is 20.0. The zero-order valence-electron chi connectivity index (χ0n) is 15.8. The number of aromatic amines is 1. The summed E-state index contributed by atoms with van der Waals surface area (Å²) in [6.45, 7) is 5.84. The number of ether oxygens (including phenoxy) is 2. The molecule has 3 heterocycles. The maximum Gasteiger partial charge on any atom is 0.410 e. The monoisotopic (exact) mass is 400 g/mol. The topological polar surface area (TPSA) is 122 Å². The Labute approximate surface area is 157 Å². The molecule has 1 aromatic heterocycles. The maximum absolute atomic E-state index is 13.2. The number of likely N-dealkylation sites (tertiary alicyclic amines) is 1. The maximum atomic E-state index is 13.2. The summed E-state index contributed by atoms with van der Waals surface area (Å²) in [5, 5.41) is 5.82. The van der Waals surface area contributed by atoms with Crippen LogP contribution < -0.4 is 0 Å². The van der Waals surface area contributed by atoms with E-state index in [-0.39, 0.29) is 35.8 Å². The van der Waals surface area contributed by atoms with Crippen LogP contribution in [-0.2, 0) is 19.5 Å². The molecule has 0 aliphatic carbocycles. The second-order valence-corrected chi connectivity index (χ2v) is 9.49.